The fraction of sp³-hybridized carbons (Fsp3) is 0.0714. The molecular formula is C28H23N3O5. The number of aryl methyl sites for hydroxylation is 1. The SMILES string of the molecule is COc1ccccc1NC(=O)C(=O)N/N=C/c1c(OC(=O)c2cccc(C)c2)ccc2ccccc12. The largest absolute Gasteiger partial charge is 0.495 e. The molecule has 0 fully saturated rings. The van der Waals surface area contributed by atoms with Crippen molar-refractivity contribution in [1.82, 2.24) is 5.43 Å². The van der Waals surface area contributed by atoms with Crippen molar-refractivity contribution in [2.45, 2.75) is 6.92 Å². The number of nitrogens with zero attached hydrogens (tertiary/aromatic N) is 1. The molecule has 0 unspecified atom stereocenters. The molecule has 0 saturated heterocycles. The van der Waals surface area contributed by atoms with Crippen LogP contribution < -0.4 is 20.2 Å². The van der Waals surface area contributed by atoms with E-state index in [0.717, 1.165) is 16.3 Å². The smallest absolute Gasteiger partial charge is 0.343 e. The van der Waals surface area contributed by atoms with E-state index in [1.165, 1.54) is 13.3 Å². The maximum absolute atomic E-state index is 12.8. The van der Waals surface area contributed by atoms with Crippen molar-refractivity contribution in [1.29, 1.82) is 0 Å². The van der Waals surface area contributed by atoms with Crippen molar-refractivity contribution >= 4 is 40.5 Å². The topological polar surface area (TPSA) is 106 Å². The van der Waals surface area contributed by atoms with Gasteiger partial charge in [-0.2, -0.15) is 5.10 Å². The quantitative estimate of drug-likeness (QED) is 0.139. The molecule has 0 spiro atoms. The van der Waals surface area contributed by atoms with Gasteiger partial charge in [0.05, 0.1) is 24.6 Å². The van der Waals surface area contributed by atoms with E-state index in [4.69, 9.17) is 9.47 Å². The van der Waals surface area contributed by atoms with Crippen LogP contribution in [0.15, 0.2) is 90.0 Å². The van der Waals surface area contributed by atoms with Gasteiger partial charge in [-0.25, -0.2) is 10.2 Å². The maximum Gasteiger partial charge on any atom is 0.343 e. The van der Waals surface area contributed by atoms with Crippen LogP contribution in [0.3, 0.4) is 0 Å². The van der Waals surface area contributed by atoms with Gasteiger partial charge in [-0.3, -0.25) is 9.59 Å². The van der Waals surface area contributed by atoms with Crippen molar-refractivity contribution in [2.75, 3.05) is 12.4 Å². The first-order valence-electron chi connectivity index (χ1n) is 11.0. The Morgan fingerprint density at radius 1 is 0.833 bits per heavy atom. The number of amides is 2. The normalized spacial score (nSPS) is 10.7. The Labute approximate surface area is 207 Å². The number of hydrazone groups is 1. The Balaban J connectivity index is 1.54. The number of benzene rings is 4. The number of anilines is 1. The molecule has 0 saturated carbocycles. The number of carbonyl (C=O) groups excluding carboxylic acids is 3. The lowest BCUT2D eigenvalue weighted by Crippen LogP contribution is -2.32. The monoisotopic (exact) mass is 481 g/mol. The summed E-state index contributed by atoms with van der Waals surface area (Å²) < 4.78 is 10.8. The van der Waals surface area contributed by atoms with Crippen LogP contribution in [0.2, 0.25) is 0 Å². The van der Waals surface area contributed by atoms with E-state index in [1.807, 2.05) is 43.3 Å². The van der Waals surface area contributed by atoms with Crippen LogP contribution >= 0.6 is 0 Å². The van der Waals surface area contributed by atoms with Crippen molar-refractivity contribution in [3.63, 3.8) is 0 Å². The molecule has 36 heavy (non-hydrogen) atoms. The van der Waals surface area contributed by atoms with Gasteiger partial charge in [0, 0.05) is 5.56 Å². The van der Waals surface area contributed by atoms with E-state index >= 15 is 0 Å². The highest BCUT2D eigenvalue weighted by Crippen LogP contribution is 2.27. The number of nitrogens with one attached hydrogen (secondary N) is 2. The predicted octanol–water partition coefficient (Wildman–Crippen LogP) is 4.46. The number of rotatable bonds is 6. The number of fused-ring (bicyclic) bond motifs is 1. The summed E-state index contributed by atoms with van der Waals surface area (Å²) in [6, 6.07) is 24.7. The third-order valence-corrected chi connectivity index (χ3v) is 5.31. The highest BCUT2D eigenvalue weighted by Gasteiger charge is 2.16. The van der Waals surface area contributed by atoms with Gasteiger partial charge < -0.3 is 14.8 Å². The predicted molar refractivity (Wildman–Crippen MR) is 137 cm³/mol. The molecule has 180 valence electrons. The molecule has 0 aromatic heterocycles. The van der Waals surface area contributed by atoms with Gasteiger partial charge in [0.15, 0.2) is 0 Å². The number of hydrogen-bond acceptors (Lipinski definition) is 6. The summed E-state index contributed by atoms with van der Waals surface area (Å²) in [6.07, 6.45) is 1.34. The molecule has 0 heterocycles. The van der Waals surface area contributed by atoms with E-state index < -0.39 is 17.8 Å². The fourth-order valence-corrected chi connectivity index (χ4v) is 3.56. The van der Waals surface area contributed by atoms with E-state index in [0.29, 0.717) is 22.6 Å². The van der Waals surface area contributed by atoms with E-state index in [1.54, 1.807) is 48.5 Å². The second-order valence-electron chi connectivity index (χ2n) is 7.81. The first kappa shape index (κ1) is 24.2. The number of ether oxygens (including phenoxy) is 2. The molecule has 8 nitrogen and oxygen atoms in total. The lowest BCUT2D eigenvalue weighted by molar-refractivity contribution is -0.136. The minimum absolute atomic E-state index is 0.261. The average molecular weight is 482 g/mol. The Bertz CT molecular complexity index is 1480. The second-order valence-corrected chi connectivity index (χ2v) is 7.81. The Kier molecular flexibility index (Phi) is 7.36. The van der Waals surface area contributed by atoms with E-state index in [9.17, 15) is 14.4 Å². The third kappa shape index (κ3) is 5.56. The van der Waals surface area contributed by atoms with Gasteiger partial charge in [-0.1, -0.05) is 60.2 Å². The molecule has 0 atom stereocenters. The fourth-order valence-electron chi connectivity index (χ4n) is 3.56. The van der Waals surface area contributed by atoms with E-state index in [2.05, 4.69) is 15.8 Å². The summed E-state index contributed by atoms with van der Waals surface area (Å²) in [5.41, 5.74) is 4.37. The summed E-state index contributed by atoms with van der Waals surface area (Å²) in [6.45, 7) is 1.89. The minimum atomic E-state index is -0.976. The summed E-state index contributed by atoms with van der Waals surface area (Å²) in [5, 5.41) is 8.06. The summed E-state index contributed by atoms with van der Waals surface area (Å²) in [7, 11) is 1.46. The van der Waals surface area contributed by atoms with Crippen LogP contribution in [-0.2, 0) is 9.59 Å². The molecule has 8 heteroatoms. The van der Waals surface area contributed by atoms with Gasteiger partial charge in [-0.15, -0.1) is 0 Å². The van der Waals surface area contributed by atoms with Gasteiger partial charge in [0.2, 0.25) is 0 Å². The number of methoxy groups -OCH3 is 1. The van der Waals surface area contributed by atoms with Crippen LogP contribution in [0.5, 0.6) is 11.5 Å². The van der Waals surface area contributed by atoms with E-state index in [-0.39, 0.29) is 5.75 Å². The van der Waals surface area contributed by atoms with Gasteiger partial charge >= 0.3 is 17.8 Å². The zero-order valence-electron chi connectivity index (χ0n) is 19.6. The molecule has 0 aliphatic carbocycles. The molecule has 4 rings (SSSR count). The first-order chi connectivity index (χ1) is 17.5. The average Bonchev–Trinajstić information content (AvgIpc) is 2.89. The van der Waals surface area contributed by atoms with Crippen molar-refractivity contribution in [3.05, 3.63) is 102 Å². The van der Waals surface area contributed by atoms with Crippen LogP contribution in [0.25, 0.3) is 10.8 Å². The lowest BCUT2D eigenvalue weighted by atomic mass is 10.0. The zero-order chi connectivity index (χ0) is 25.5. The van der Waals surface area contributed by atoms with Gasteiger partial charge in [0.1, 0.15) is 11.5 Å². The number of para-hydroxylation sites is 2. The van der Waals surface area contributed by atoms with Crippen LogP contribution in [0.1, 0.15) is 21.5 Å². The molecule has 2 N–H and O–H groups in total. The first-order valence-corrected chi connectivity index (χ1v) is 11.0. The molecule has 0 aliphatic rings. The molecule has 0 bridgehead atoms. The Morgan fingerprint density at radius 3 is 2.42 bits per heavy atom. The van der Waals surface area contributed by atoms with Crippen molar-refractivity contribution in [2.24, 2.45) is 5.10 Å². The number of esters is 1. The summed E-state index contributed by atoms with van der Waals surface area (Å²) in [4.78, 5) is 37.4. The molecular weight excluding hydrogens is 458 g/mol. The summed E-state index contributed by atoms with van der Waals surface area (Å²) >= 11 is 0. The highest BCUT2D eigenvalue weighted by molar-refractivity contribution is 6.39. The Hall–Kier alpha value is -4.98. The lowest BCUT2D eigenvalue weighted by Gasteiger charge is -2.11. The highest BCUT2D eigenvalue weighted by atomic mass is 16.5. The molecule has 2 amide bonds. The third-order valence-electron chi connectivity index (χ3n) is 5.31. The number of carbonyl (C=O) groups is 3. The standard InChI is InChI=1S/C28H23N3O5/c1-18-8-7-10-20(16-18)28(34)36-24-15-14-19-9-3-4-11-21(19)22(24)17-29-31-27(33)26(32)30-23-12-5-6-13-25(23)35-2/h3-17H,1-2H3,(H,30,32)(H,31,33)/b29-17+. The second kappa shape index (κ2) is 11.0. The maximum atomic E-state index is 12.8. The van der Waals surface area contributed by atoms with Gasteiger partial charge in [-0.05, 0) is 48.0 Å². The van der Waals surface area contributed by atoms with Crippen molar-refractivity contribution in [3.8, 4) is 11.5 Å². The van der Waals surface area contributed by atoms with Crippen LogP contribution in [0, 0.1) is 6.92 Å². The molecule has 0 radical (unpaired) electrons. The zero-order valence-corrected chi connectivity index (χ0v) is 19.6. The number of hydrogen-bond donors (Lipinski definition) is 2. The van der Waals surface area contributed by atoms with Crippen molar-refractivity contribution < 1.29 is 23.9 Å². The molecule has 0 aliphatic heterocycles. The van der Waals surface area contributed by atoms with Gasteiger partial charge in [0.25, 0.3) is 0 Å². The molecule has 4 aromatic carbocycles. The molecule has 4 aromatic rings. The Morgan fingerprint density at radius 2 is 1.61 bits per heavy atom. The summed E-state index contributed by atoms with van der Waals surface area (Å²) in [5.74, 6) is -1.74. The van der Waals surface area contributed by atoms with Crippen LogP contribution in [-0.4, -0.2) is 31.1 Å². The minimum Gasteiger partial charge on any atom is -0.495 e. The van der Waals surface area contributed by atoms with Crippen LogP contribution in [0.4, 0.5) is 5.69 Å².